The van der Waals surface area contributed by atoms with Gasteiger partial charge in [0, 0.05) is 35.6 Å². The zero-order chi connectivity index (χ0) is 16.6. The van der Waals surface area contributed by atoms with Crippen LogP contribution in [0.5, 0.6) is 0 Å². The van der Waals surface area contributed by atoms with Gasteiger partial charge in [0.2, 0.25) is 5.91 Å². The number of nitrogens with zero attached hydrogens (tertiary/aromatic N) is 2. The van der Waals surface area contributed by atoms with E-state index in [1.807, 2.05) is 4.90 Å². The zero-order valence-electron chi connectivity index (χ0n) is 12.3. The lowest BCUT2D eigenvalue weighted by atomic mass is 9.95. The molecule has 2 heterocycles. The molecule has 1 fully saturated rings. The predicted molar refractivity (Wildman–Crippen MR) is 81.3 cm³/mol. The maximum Gasteiger partial charge on any atom is 0.391 e. The number of hydrogen-bond acceptors (Lipinski definition) is 3. The number of alkyl halides is 3. The summed E-state index contributed by atoms with van der Waals surface area (Å²) >= 11 is 0. The fourth-order valence-electron chi connectivity index (χ4n) is 3.00. The van der Waals surface area contributed by atoms with E-state index in [1.54, 1.807) is 30.6 Å². The number of nitrogens with two attached hydrogens (primary N) is 1. The summed E-state index contributed by atoms with van der Waals surface area (Å²) in [6.45, 7) is 0.623. The van der Waals surface area contributed by atoms with Gasteiger partial charge >= 0.3 is 6.18 Å². The lowest BCUT2D eigenvalue weighted by Gasteiger charge is -2.34. The number of amides is 1. The summed E-state index contributed by atoms with van der Waals surface area (Å²) < 4.78 is 38.4. The van der Waals surface area contributed by atoms with E-state index < -0.39 is 18.0 Å². The molecule has 1 saturated heterocycles. The number of piperidine rings is 1. The molecule has 2 aromatic rings. The quantitative estimate of drug-likeness (QED) is 0.924. The van der Waals surface area contributed by atoms with Gasteiger partial charge in [0.25, 0.3) is 0 Å². The molecule has 1 amide bonds. The molecule has 7 heteroatoms. The number of anilines is 1. The van der Waals surface area contributed by atoms with Gasteiger partial charge in [-0.3, -0.25) is 9.78 Å². The highest BCUT2D eigenvalue weighted by atomic mass is 19.4. The standard InChI is InChI=1S/C16H16F3N3O/c17-16(18,19)12-3-5-22(6-4-12)14-9-21-8-11-2-1-10(15(20)23)7-13(11)14/h1-2,7-9,12H,3-6H2,(H2,20,23). The molecule has 2 N–H and O–H groups in total. The average Bonchev–Trinajstić information content (AvgIpc) is 2.53. The Morgan fingerprint density at radius 2 is 1.91 bits per heavy atom. The molecule has 3 rings (SSSR count). The maximum absolute atomic E-state index is 12.8. The summed E-state index contributed by atoms with van der Waals surface area (Å²) in [7, 11) is 0. The second-order valence-corrected chi connectivity index (χ2v) is 5.76. The van der Waals surface area contributed by atoms with Crippen molar-refractivity contribution in [3.63, 3.8) is 0 Å². The number of hydrogen-bond donors (Lipinski definition) is 1. The van der Waals surface area contributed by atoms with Gasteiger partial charge in [-0.2, -0.15) is 13.2 Å². The third-order valence-electron chi connectivity index (χ3n) is 4.32. The number of aromatic nitrogens is 1. The van der Waals surface area contributed by atoms with Crippen molar-refractivity contribution in [1.82, 2.24) is 4.98 Å². The minimum Gasteiger partial charge on any atom is -0.370 e. The Morgan fingerprint density at radius 3 is 2.52 bits per heavy atom. The van der Waals surface area contributed by atoms with Crippen LogP contribution < -0.4 is 10.6 Å². The Labute approximate surface area is 131 Å². The number of pyridine rings is 1. The van der Waals surface area contributed by atoms with Crippen molar-refractivity contribution in [2.45, 2.75) is 19.0 Å². The SMILES string of the molecule is NC(=O)c1ccc2cncc(N3CCC(C(F)(F)F)CC3)c2c1. The summed E-state index contributed by atoms with van der Waals surface area (Å²) in [5.41, 5.74) is 6.42. The van der Waals surface area contributed by atoms with Crippen LogP contribution in [-0.4, -0.2) is 30.2 Å². The van der Waals surface area contributed by atoms with Gasteiger partial charge < -0.3 is 10.6 Å². The fraction of sp³-hybridized carbons (Fsp3) is 0.375. The highest BCUT2D eigenvalue weighted by Crippen LogP contribution is 2.36. The Balaban J connectivity index is 1.91. The molecule has 1 aromatic carbocycles. The molecule has 1 aromatic heterocycles. The van der Waals surface area contributed by atoms with E-state index in [2.05, 4.69) is 4.98 Å². The second-order valence-electron chi connectivity index (χ2n) is 5.76. The largest absolute Gasteiger partial charge is 0.391 e. The van der Waals surface area contributed by atoms with Crippen molar-refractivity contribution in [3.8, 4) is 0 Å². The van der Waals surface area contributed by atoms with Gasteiger partial charge in [0.05, 0.1) is 17.8 Å². The van der Waals surface area contributed by atoms with Gasteiger partial charge in [-0.25, -0.2) is 0 Å². The minimum absolute atomic E-state index is 0.0649. The van der Waals surface area contributed by atoms with Crippen LogP contribution in [-0.2, 0) is 0 Å². The lowest BCUT2D eigenvalue weighted by Crippen LogP contribution is -2.39. The number of primary amides is 1. The molecule has 0 aliphatic carbocycles. The molecule has 1 aliphatic heterocycles. The third-order valence-corrected chi connectivity index (χ3v) is 4.32. The van der Waals surface area contributed by atoms with Crippen LogP contribution >= 0.6 is 0 Å². The van der Waals surface area contributed by atoms with Crippen molar-refractivity contribution >= 4 is 22.4 Å². The Hall–Kier alpha value is -2.31. The van der Waals surface area contributed by atoms with E-state index >= 15 is 0 Å². The number of rotatable bonds is 2. The first-order chi connectivity index (χ1) is 10.9. The molecule has 23 heavy (non-hydrogen) atoms. The number of carbonyl (C=O) groups excluding carboxylic acids is 1. The van der Waals surface area contributed by atoms with Crippen molar-refractivity contribution in [1.29, 1.82) is 0 Å². The number of benzene rings is 1. The Morgan fingerprint density at radius 1 is 1.22 bits per heavy atom. The van der Waals surface area contributed by atoms with Crippen LogP contribution in [0.3, 0.4) is 0 Å². The van der Waals surface area contributed by atoms with E-state index in [9.17, 15) is 18.0 Å². The van der Waals surface area contributed by atoms with Crippen LogP contribution in [0.1, 0.15) is 23.2 Å². The third kappa shape index (κ3) is 3.09. The monoisotopic (exact) mass is 323 g/mol. The van der Waals surface area contributed by atoms with Crippen LogP contribution in [0.25, 0.3) is 10.8 Å². The summed E-state index contributed by atoms with van der Waals surface area (Å²) in [6, 6.07) is 5.03. The molecule has 0 saturated carbocycles. The van der Waals surface area contributed by atoms with Crippen molar-refractivity contribution in [3.05, 3.63) is 36.2 Å². The molecule has 0 radical (unpaired) electrons. The molecule has 1 aliphatic rings. The van der Waals surface area contributed by atoms with Crippen LogP contribution in [0, 0.1) is 5.92 Å². The summed E-state index contributed by atoms with van der Waals surface area (Å²) in [5.74, 6) is -1.78. The maximum atomic E-state index is 12.8. The van der Waals surface area contributed by atoms with Crippen LogP contribution in [0.15, 0.2) is 30.6 Å². The molecule has 0 bridgehead atoms. The molecular weight excluding hydrogens is 307 g/mol. The molecule has 0 atom stereocenters. The number of fused-ring (bicyclic) bond motifs is 1. The molecular formula is C16H16F3N3O. The highest BCUT2D eigenvalue weighted by Gasteiger charge is 2.41. The van der Waals surface area contributed by atoms with E-state index in [-0.39, 0.29) is 12.8 Å². The van der Waals surface area contributed by atoms with E-state index in [1.165, 1.54) is 0 Å². The van der Waals surface area contributed by atoms with Gasteiger partial charge in [-0.1, -0.05) is 6.07 Å². The predicted octanol–water partition coefficient (Wildman–Crippen LogP) is 3.11. The van der Waals surface area contributed by atoms with Crippen molar-refractivity contribution in [2.24, 2.45) is 11.7 Å². The average molecular weight is 323 g/mol. The fourth-order valence-corrected chi connectivity index (χ4v) is 3.00. The van der Waals surface area contributed by atoms with Crippen molar-refractivity contribution < 1.29 is 18.0 Å². The second kappa shape index (κ2) is 5.72. The summed E-state index contributed by atoms with van der Waals surface area (Å²) in [6.07, 6.45) is -0.722. The van der Waals surface area contributed by atoms with Crippen molar-refractivity contribution in [2.75, 3.05) is 18.0 Å². The van der Waals surface area contributed by atoms with E-state index in [4.69, 9.17) is 5.73 Å². The van der Waals surface area contributed by atoms with Crippen LogP contribution in [0.2, 0.25) is 0 Å². The van der Waals surface area contributed by atoms with Gasteiger partial charge in [0.15, 0.2) is 0 Å². The topological polar surface area (TPSA) is 59.2 Å². The normalized spacial score (nSPS) is 16.7. The first-order valence-corrected chi connectivity index (χ1v) is 7.35. The smallest absolute Gasteiger partial charge is 0.370 e. The number of halogens is 3. The van der Waals surface area contributed by atoms with E-state index in [0.717, 1.165) is 16.5 Å². The Bertz CT molecular complexity index is 737. The summed E-state index contributed by atoms with van der Waals surface area (Å²) in [4.78, 5) is 17.4. The minimum atomic E-state index is -4.14. The zero-order valence-corrected chi connectivity index (χ0v) is 12.3. The van der Waals surface area contributed by atoms with Gasteiger partial charge in [-0.15, -0.1) is 0 Å². The number of carbonyl (C=O) groups is 1. The Kier molecular flexibility index (Phi) is 3.87. The van der Waals surface area contributed by atoms with Gasteiger partial charge in [0.1, 0.15) is 0 Å². The summed E-state index contributed by atoms with van der Waals surface area (Å²) in [5, 5.41) is 1.60. The lowest BCUT2D eigenvalue weighted by molar-refractivity contribution is -0.179. The van der Waals surface area contributed by atoms with Gasteiger partial charge in [-0.05, 0) is 25.0 Å². The molecule has 0 unspecified atom stereocenters. The first-order valence-electron chi connectivity index (χ1n) is 7.35. The first kappa shape index (κ1) is 15.6. The highest BCUT2D eigenvalue weighted by molar-refractivity contribution is 6.01. The molecule has 0 spiro atoms. The molecule has 4 nitrogen and oxygen atoms in total. The molecule has 122 valence electrons. The van der Waals surface area contributed by atoms with Crippen LogP contribution in [0.4, 0.5) is 18.9 Å². The van der Waals surface area contributed by atoms with E-state index in [0.29, 0.717) is 18.7 Å².